The summed E-state index contributed by atoms with van der Waals surface area (Å²) >= 11 is 0. The van der Waals surface area contributed by atoms with Crippen molar-refractivity contribution in [2.75, 3.05) is 7.11 Å². The molecular formula is C4H12OSi. The summed E-state index contributed by atoms with van der Waals surface area (Å²) in [5.74, 6) is 0. The largest absolute Gasteiger partial charge is 0.431 e. The SMILES string of the molecule is C=CC.CO[SiH3]. The average Bonchev–Trinajstić information content (AvgIpc) is 1.39. The molecular weight excluding hydrogens is 92.1 g/mol. The number of rotatable bonds is 0. The first-order valence-electron chi connectivity index (χ1n) is 1.80. The molecule has 0 spiro atoms. The van der Waals surface area contributed by atoms with Gasteiger partial charge in [-0.1, -0.05) is 6.08 Å². The van der Waals surface area contributed by atoms with Gasteiger partial charge in [0.1, 0.15) is 10.5 Å². The Hall–Kier alpha value is -0.0831. The highest BCUT2D eigenvalue weighted by Crippen LogP contribution is 1.38. The molecule has 0 aliphatic rings. The van der Waals surface area contributed by atoms with Crippen LogP contribution in [0.4, 0.5) is 0 Å². The van der Waals surface area contributed by atoms with Crippen LogP contribution in [0.15, 0.2) is 12.7 Å². The topological polar surface area (TPSA) is 9.23 Å². The molecule has 0 amide bonds. The Balaban J connectivity index is 0. The summed E-state index contributed by atoms with van der Waals surface area (Å²) in [6.45, 7) is 5.25. The molecule has 0 N–H and O–H groups in total. The zero-order valence-corrected chi connectivity index (χ0v) is 6.69. The van der Waals surface area contributed by atoms with Gasteiger partial charge in [-0.05, 0) is 6.92 Å². The van der Waals surface area contributed by atoms with Gasteiger partial charge < -0.3 is 4.43 Å². The van der Waals surface area contributed by atoms with E-state index in [0.717, 1.165) is 10.5 Å². The Morgan fingerprint density at radius 1 is 1.83 bits per heavy atom. The van der Waals surface area contributed by atoms with Crippen molar-refractivity contribution in [3.8, 4) is 0 Å². The average molecular weight is 104 g/mol. The van der Waals surface area contributed by atoms with Crippen LogP contribution in [0.25, 0.3) is 0 Å². The fourth-order valence-electron chi connectivity index (χ4n) is 0. The maximum absolute atomic E-state index is 4.39. The Morgan fingerprint density at radius 2 is 1.83 bits per heavy atom. The lowest BCUT2D eigenvalue weighted by atomic mass is 10.8. The molecule has 0 atom stereocenters. The van der Waals surface area contributed by atoms with Crippen molar-refractivity contribution < 1.29 is 4.43 Å². The fourth-order valence-corrected chi connectivity index (χ4v) is 0. The fraction of sp³-hybridized carbons (Fsp3) is 0.500. The normalized spacial score (nSPS) is 5.67. The van der Waals surface area contributed by atoms with E-state index >= 15 is 0 Å². The highest BCUT2D eigenvalue weighted by Gasteiger charge is 1.27. The van der Waals surface area contributed by atoms with Gasteiger partial charge in [-0.15, -0.1) is 6.58 Å². The number of hydrogen-bond donors (Lipinski definition) is 0. The van der Waals surface area contributed by atoms with Gasteiger partial charge in [0, 0.05) is 7.11 Å². The third-order valence-corrected chi connectivity index (χ3v) is 0. The third kappa shape index (κ3) is 4820. The minimum Gasteiger partial charge on any atom is -0.431 e. The molecule has 0 heterocycles. The van der Waals surface area contributed by atoms with E-state index in [-0.39, 0.29) is 0 Å². The molecule has 0 rings (SSSR count). The van der Waals surface area contributed by atoms with Crippen LogP contribution in [0.2, 0.25) is 0 Å². The maximum atomic E-state index is 4.39. The van der Waals surface area contributed by atoms with Gasteiger partial charge in [0.05, 0.1) is 0 Å². The van der Waals surface area contributed by atoms with Gasteiger partial charge in [0.25, 0.3) is 0 Å². The molecule has 1 nitrogen and oxygen atoms in total. The van der Waals surface area contributed by atoms with E-state index in [1.54, 1.807) is 13.2 Å². The van der Waals surface area contributed by atoms with Gasteiger partial charge in [-0.2, -0.15) is 0 Å². The van der Waals surface area contributed by atoms with E-state index < -0.39 is 0 Å². The van der Waals surface area contributed by atoms with Crippen LogP contribution in [-0.4, -0.2) is 17.6 Å². The molecule has 0 saturated carbocycles. The minimum atomic E-state index is 0.869. The molecule has 6 heavy (non-hydrogen) atoms. The quantitative estimate of drug-likeness (QED) is 0.313. The monoisotopic (exact) mass is 104 g/mol. The Bertz CT molecular complexity index is 21.5. The predicted octanol–water partition coefficient (Wildman–Crippen LogP) is 0.106. The Morgan fingerprint density at radius 3 is 1.83 bits per heavy atom. The van der Waals surface area contributed by atoms with Crippen molar-refractivity contribution in [2.45, 2.75) is 6.92 Å². The van der Waals surface area contributed by atoms with Crippen LogP contribution in [0.3, 0.4) is 0 Å². The molecule has 0 saturated heterocycles. The third-order valence-electron chi connectivity index (χ3n) is 0. The van der Waals surface area contributed by atoms with Crippen molar-refractivity contribution in [1.29, 1.82) is 0 Å². The van der Waals surface area contributed by atoms with Gasteiger partial charge >= 0.3 is 0 Å². The zero-order valence-electron chi connectivity index (χ0n) is 4.69. The van der Waals surface area contributed by atoms with E-state index in [4.69, 9.17) is 0 Å². The summed E-state index contributed by atoms with van der Waals surface area (Å²) in [6, 6.07) is 0. The van der Waals surface area contributed by atoms with E-state index in [2.05, 4.69) is 11.0 Å². The molecule has 2 heteroatoms. The van der Waals surface area contributed by atoms with E-state index in [9.17, 15) is 0 Å². The number of hydrogen-bond acceptors (Lipinski definition) is 1. The van der Waals surface area contributed by atoms with Crippen molar-refractivity contribution in [3.05, 3.63) is 12.7 Å². The van der Waals surface area contributed by atoms with E-state index in [1.807, 2.05) is 6.92 Å². The second kappa shape index (κ2) is 20.5. The summed E-state index contributed by atoms with van der Waals surface area (Å²) < 4.78 is 4.39. The molecule has 0 aromatic carbocycles. The first kappa shape index (κ1) is 9.32. The summed E-state index contributed by atoms with van der Waals surface area (Å²) in [6.07, 6.45) is 1.75. The van der Waals surface area contributed by atoms with Gasteiger partial charge in [-0.3, -0.25) is 0 Å². The second-order valence-corrected chi connectivity index (χ2v) is 1.63. The standard InChI is InChI=1S/C3H6.CH6OSi/c1-3-2;1-2-3/h3H,1H2,2H3;1,3H3. The van der Waals surface area contributed by atoms with Crippen LogP contribution in [0.5, 0.6) is 0 Å². The molecule has 0 radical (unpaired) electrons. The van der Waals surface area contributed by atoms with E-state index in [0.29, 0.717) is 0 Å². The molecule has 0 aromatic heterocycles. The first-order chi connectivity index (χ1) is 2.83. The van der Waals surface area contributed by atoms with Gasteiger partial charge in [0.2, 0.25) is 0 Å². The molecule has 0 unspecified atom stereocenters. The molecule has 0 aliphatic carbocycles. The Labute approximate surface area is 42.6 Å². The van der Waals surface area contributed by atoms with E-state index in [1.165, 1.54) is 0 Å². The van der Waals surface area contributed by atoms with Crippen molar-refractivity contribution >= 4 is 10.5 Å². The summed E-state index contributed by atoms with van der Waals surface area (Å²) in [7, 11) is 2.56. The lowest BCUT2D eigenvalue weighted by Crippen LogP contribution is -1.60. The highest BCUT2D eigenvalue weighted by atomic mass is 28.2. The lowest BCUT2D eigenvalue weighted by Gasteiger charge is -1.61. The van der Waals surface area contributed by atoms with Crippen molar-refractivity contribution in [1.82, 2.24) is 0 Å². The van der Waals surface area contributed by atoms with Crippen LogP contribution in [0.1, 0.15) is 6.92 Å². The first-order valence-corrected chi connectivity index (χ1v) is 2.62. The van der Waals surface area contributed by atoms with Gasteiger partial charge in [-0.25, -0.2) is 0 Å². The molecule has 0 aromatic rings. The minimum absolute atomic E-state index is 0.869. The predicted molar refractivity (Wildman–Crippen MR) is 32.8 cm³/mol. The molecule has 38 valence electrons. The Kier molecular flexibility index (Phi) is 31.9. The molecule has 0 fully saturated rings. The maximum Gasteiger partial charge on any atom is 0.145 e. The highest BCUT2D eigenvalue weighted by molar-refractivity contribution is 5.97. The van der Waals surface area contributed by atoms with Crippen LogP contribution >= 0.6 is 0 Å². The molecule has 0 bridgehead atoms. The summed E-state index contributed by atoms with van der Waals surface area (Å²) in [5, 5.41) is 0. The second-order valence-electron chi connectivity index (χ2n) is 0.816. The lowest BCUT2D eigenvalue weighted by molar-refractivity contribution is 0.460. The smallest absolute Gasteiger partial charge is 0.145 e. The summed E-state index contributed by atoms with van der Waals surface area (Å²) in [5.41, 5.74) is 0. The summed E-state index contributed by atoms with van der Waals surface area (Å²) in [4.78, 5) is 0. The number of allylic oxidation sites excluding steroid dienone is 1. The van der Waals surface area contributed by atoms with Gasteiger partial charge in [0.15, 0.2) is 0 Å². The van der Waals surface area contributed by atoms with Crippen molar-refractivity contribution in [2.24, 2.45) is 0 Å². The zero-order chi connectivity index (χ0) is 5.41. The van der Waals surface area contributed by atoms with Crippen LogP contribution in [0, 0.1) is 0 Å². The molecule has 0 aliphatic heterocycles. The van der Waals surface area contributed by atoms with Crippen LogP contribution in [-0.2, 0) is 4.43 Å². The van der Waals surface area contributed by atoms with Crippen LogP contribution < -0.4 is 0 Å². The van der Waals surface area contributed by atoms with Crippen molar-refractivity contribution in [3.63, 3.8) is 0 Å².